The maximum atomic E-state index is 12.8. The summed E-state index contributed by atoms with van der Waals surface area (Å²) in [7, 11) is 0. The fourth-order valence-corrected chi connectivity index (χ4v) is 1.62. The van der Waals surface area contributed by atoms with Gasteiger partial charge in [0.05, 0.1) is 23.3 Å². The zero-order chi connectivity index (χ0) is 15.1. The molecule has 2 atom stereocenters. The van der Waals surface area contributed by atoms with Gasteiger partial charge >= 0.3 is 5.97 Å². The Balaban J connectivity index is 2.61. The van der Waals surface area contributed by atoms with E-state index in [4.69, 9.17) is 15.4 Å². The van der Waals surface area contributed by atoms with Crippen molar-refractivity contribution in [1.29, 1.82) is 10.7 Å². The number of aliphatic hydroxyl groups is 1. The van der Waals surface area contributed by atoms with Gasteiger partial charge < -0.3 is 15.3 Å². The molecule has 6 heteroatoms. The highest BCUT2D eigenvalue weighted by Gasteiger charge is 2.15. The van der Waals surface area contributed by atoms with E-state index in [1.54, 1.807) is 19.1 Å². The van der Waals surface area contributed by atoms with Gasteiger partial charge in [-0.15, -0.1) is 0 Å². The number of esters is 1. The lowest BCUT2D eigenvalue weighted by Gasteiger charge is -2.12. The van der Waals surface area contributed by atoms with Crippen molar-refractivity contribution in [2.75, 3.05) is 6.61 Å². The van der Waals surface area contributed by atoms with Crippen molar-refractivity contribution in [2.45, 2.75) is 25.6 Å². The molecule has 0 saturated carbocycles. The minimum atomic E-state index is -1.56. The van der Waals surface area contributed by atoms with Gasteiger partial charge in [-0.25, -0.2) is 9.18 Å². The predicted molar refractivity (Wildman–Crippen MR) is 70.5 cm³/mol. The molecule has 0 fully saturated rings. The van der Waals surface area contributed by atoms with E-state index in [-0.39, 0.29) is 18.6 Å². The first kappa shape index (κ1) is 15.8. The number of aryl methyl sites for hydroxylation is 1. The van der Waals surface area contributed by atoms with Crippen LogP contribution in [0.2, 0.25) is 0 Å². The average molecular weight is 278 g/mol. The van der Waals surface area contributed by atoms with Gasteiger partial charge in [0, 0.05) is 12.6 Å². The topological polar surface area (TPSA) is 94.2 Å². The summed E-state index contributed by atoms with van der Waals surface area (Å²) >= 11 is 0. The van der Waals surface area contributed by atoms with Crippen molar-refractivity contribution in [3.63, 3.8) is 0 Å². The molecule has 1 aromatic carbocycles. The summed E-state index contributed by atoms with van der Waals surface area (Å²) in [6, 6.07) is 6.51. The SMILES string of the molecule is Cc1cc(C#N)cc(C(=O)OC[C@@H](O)C[C@H](F)C=N)c1. The van der Waals surface area contributed by atoms with Gasteiger partial charge in [-0.2, -0.15) is 5.26 Å². The van der Waals surface area contributed by atoms with E-state index < -0.39 is 18.2 Å². The van der Waals surface area contributed by atoms with E-state index in [1.807, 2.05) is 6.07 Å². The molecule has 0 radical (unpaired) electrons. The summed E-state index contributed by atoms with van der Waals surface area (Å²) in [5, 5.41) is 24.9. The first-order valence-corrected chi connectivity index (χ1v) is 5.98. The molecule has 1 aromatic rings. The summed E-state index contributed by atoms with van der Waals surface area (Å²) in [5.74, 6) is -0.686. The lowest BCUT2D eigenvalue weighted by Crippen LogP contribution is -2.23. The Morgan fingerprint density at radius 3 is 2.90 bits per heavy atom. The van der Waals surface area contributed by atoms with Crippen LogP contribution in [-0.2, 0) is 4.74 Å². The fraction of sp³-hybridized carbons (Fsp3) is 0.357. The molecule has 5 nitrogen and oxygen atoms in total. The molecule has 0 bridgehead atoms. The van der Waals surface area contributed by atoms with Crippen molar-refractivity contribution in [1.82, 2.24) is 0 Å². The molecular formula is C14H15FN2O3. The number of alkyl halides is 1. The summed E-state index contributed by atoms with van der Waals surface area (Å²) in [6.07, 6.45) is -2.46. The van der Waals surface area contributed by atoms with Crippen molar-refractivity contribution in [3.05, 3.63) is 34.9 Å². The van der Waals surface area contributed by atoms with Crippen LogP contribution < -0.4 is 0 Å². The van der Waals surface area contributed by atoms with Crippen LogP contribution in [0.3, 0.4) is 0 Å². The summed E-state index contributed by atoms with van der Waals surface area (Å²) < 4.78 is 17.7. The third-order valence-electron chi connectivity index (χ3n) is 2.53. The number of aliphatic hydroxyl groups excluding tert-OH is 1. The highest BCUT2D eigenvalue weighted by Crippen LogP contribution is 2.11. The number of nitriles is 1. The number of nitrogens with one attached hydrogen (secondary N) is 1. The number of rotatable bonds is 6. The number of carbonyl (C=O) groups excluding carboxylic acids is 1. The van der Waals surface area contributed by atoms with Crippen LogP contribution in [0, 0.1) is 23.7 Å². The first-order chi connectivity index (χ1) is 9.46. The minimum absolute atomic E-state index is 0.206. The molecule has 0 unspecified atom stereocenters. The molecule has 0 aliphatic heterocycles. The molecular weight excluding hydrogens is 263 g/mol. The highest BCUT2D eigenvalue weighted by atomic mass is 19.1. The van der Waals surface area contributed by atoms with E-state index in [0.29, 0.717) is 11.8 Å². The number of ether oxygens (including phenoxy) is 1. The number of hydrogen-bond acceptors (Lipinski definition) is 5. The third-order valence-corrected chi connectivity index (χ3v) is 2.53. The van der Waals surface area contributed by atoms with Crippen LogP contribution in [0.1, 0.15) is 27.9 Å². The quantitative estimate of drug-likeness (QED) is 0.612. The van der Waals surface area contributed by atoms with Crippen LogP contribution >= 0.6 is 0 Å². The highest BCUT2D eigenvalue weighted by molar-refractivity contribution is 5.90. The fourth-order valence-electron chi connectivity index (χ4n) is 1.62. The van der Waals surface area contributed by atoms with Crippen LogP contribution in [0.5, 0.6) is 0 Å². The summed E-state index contributed by atoms with van der Waals surface area (Å²) in [4.78, 5) is 11.7. The Hall–Kier alpha value is -2.26. The first-order valence-electron chi connectivity index (χ1n) is 5.98. The molecule has 1 rings (SSSR count). The van der Waals surface area contributed by atoms with Crippen LogP contribution in [-0.4, -0.2) is 36.2 Å². The summed E-state index contributed by atoms with van der Waals surface area (Å²) in [6.45, 7) is 1.38. The number of hydrogen-bond donors (Lipinski definition) is 2. The normalized spacial score (nSPS) is 13.1. The van der Waals surface area contributed by atoms with Crippen molar-refractivity contribution in [2.24, 2.45) is 0 Å². The zero-order valence-electron chi connectivity index (χ0n) is 11.0. The largest absolute Gasteiger partial charge is 0.459 e. The molecule has 0 aromatic heterocycles. The van der Waals surface area contributed by atoms with Gasteiger partial charge in [0.1, 0.15) is 12.8 Å². The molecule has 0 heterocycles. The van der Waals surface area contributed by atoms with Crippen LogP contribution in [0.4, 0.5) is 4.39 Å². The van der Waals surface area contributed by atoms with Gasteiger partial charge in [-0.05, 0) is 30.7 Å². The van der Waals surface area contributed by atoms with Gasteiger partial charge in [0.25, 0.3) is 0 Å². The number of halogens is 1. The Morgan fingerprint density at radius 1 is 1.60 bits per heavy atom. The van der Waals surface area contributed by atoms with E-state index in [0.717, 1.165) is 5.56 Å². The second kappa shape index (κ2) is 7.36. The third kappa shape index (κ3) is 4.78. The Morgan fingerprint density at radius 2 is 2.30 bits per heavy atom. The molecule has 106 valence electrons. The van der Waals surface area contributed by atoms with Crippen molar-refractivity contribution < 1.29 is 19.0 Å². The standard InChI is InChI=1S/C14H15FN2O3/c1-9-2-10(6-16)4-11(3-9)14(19)20-8-13(18)5-12(15)7-17/h2-4,7,12-13,17-18H,5,8H2,1H3/t12-,13-/m0/s1. The minimum Gasteiger partial charge on any atom is -0.459 e. The van der Waals surface area contributed by atoms with Crippen LogP contribution in [0.25, 0.3) is 0 Å². The van der Waals surface area contributed by atoms with Gasteiger partial charge in [0.2, 0.25) is 0 Å². The average Bonchev–Trinajstić information content (AvgIpc) is 2.43. The second-order valence-corrected chi connectivity index (χ2v) is 4.37. The number of benzene rings is 1. The Labute approximate surface area is 116 Å². The van der Waals surface area contributed by atoms with Gasteiger partial charge in [-0.1, -0.05) is 0 Å². The molecule has 0 amide bonds. The maximum absolute atomic E-state index is 12.8. The molecule has 20 heavy (non-hydrogen) atoms. The second-order valence-electron chi connectivity index (χ2n) is 4.37. The van der Waals surface area contributed by atoms with E-state index in [2.05, 4.69) is 0 Å². The molecule has 0 saturated heterocycles. The lowest BCUT2D eigenvalue weighted by atomic mass is 10.1. The van der Waals surface area contributed by atoms with E-state index in [9.17, 15) is 14.3 Å². The zero-order valence-corrected chi connectivity index (χ0v) is 11.0. The number of carbonyl (C=O) groups is 1. The smallest absolute Gasteiger partial charge is 0.338 e. The maximum Gasteiger partial charge on any atom is 0.338 e. The van der Waals surface area contributed by atoms with Crippen molar-refractivity contribution >= 4 is 12.2 Å². The predicted octanol–water partition coefficient (Wildman–Crippen LogP) is 1.76. The lowest BCUT2D eigenvalue weighted by molar-refractivity contribution is 0.0206. The molecule has 0 aliphatic rings. The van der Waals surface area contributed by atoms with Gasteiger partial charge in [-0.3, -0.25) is 0 Å². The Kier molecular flexibility index (Phi) is 5.81. The van der Waals surface area contributed by atoms with Gasteiger partial charge in [0.15, 0.2) is 0 Å². The Bertz CT molecular complexity index is 540. The van der Waals surface area contributed by atoms with Crippen LogP contribution in [0.15, 0.2) is 18.2 Å². The molecule has 0 aliphatic carbocycles. The number of nitrogens with zero attached hydrogens (tertiary/aromatic N) is 1. The molecule has 0 spiro atoms. The van der Waals surface area contributed by atoms with E-state index >= 15 is 0 Å². The van der Waals surface area contributed by atoms with E-state index in [1.165, 1.54) is 6.07 Å². The van der Waals surface area contributed by atoms with Crippen molar-refractivity contribution in [3.8, 4) is 6.07 Å². The molecule has 2 N–H and O–H groups in total. The summed E-state index contributed by atoms with van der Waals surface area (Å²) in [5.41, 5.74) is 1.28. The monoisotopic (exact) mass is 278 g/mol.